The van der Waals surface area contributed by atoms with Crippen molar-refractivity contribution in [1.29, 1.82) is 0 Å². The summed E-state index contributed by atoms with van der Waals surface area (Å²) in [6.45, 7) is 5.49. The van der Waals surface area contributed by atoms with Gasteiger partial charge in [0.1, 0.15) is 0 Å². The molecule has 6 heteroatoms. The van der Waals surface area contributed by atoms with E-state index in [1.165, 1.54) is 0 Å². The Kier molecular flexibility index (Phi) is 7.40. The molecule has 0 saturated carbocycles. The maximum Gasteiger partial charge on any atom is 0.279 e. The van der Waals surface area contributed by atoms with Crippen LogP contribution in [0.1, 0.15) is 41.6 Å². The molecule has 0 fully saturated rings. The van der Waals surface area contributed by atoms with E-state index in [4.69, 9.17) is 4.42 Å². The zero-order chi connectivity index (χ0) is 21.3. The minimum atomic E-state index is -0.120. The lowest BCUT2D eigenvalue weighted by atomic mass is 10.0. The van der Waals surface area contributed by atoms with E-state index in [0.717, 1.165) is 11.3 Å². The van der Waals surface area contributed by atoms with Crippen LogP contribution in [0.5, 0.6) is 0 Å². The number of nitrogens with one attached hydrogen (secondary N) is 1. The largest absolute Gasteiger partial charge is 0.463 e. The third kappa shape index (κ3) is 5.36. The lowest BCUT2D eigenvalue weighted by Crippen LogP contribution is -2.87. The van der Waals surface area contributed by atoms with Crippen molar-refractivity contribution in [2.24, 2.45) is 0 Å². The van der Waals surface area contributed by atoms with Crippen molar-refractivity contribution in [3.05, 3.63) is 89.9 Å². The van der Waals surface area contributed by atoms with Gasteiger partial charge in [0.05, 0.1) is 6.26 Å². The fraction of sp³-hybridized carbons (Fsp3) is 0.250. The van der Waals surface area contributed by atoms with Crippen LogP contribution >= 0.6 is 0 Å². The van der Waals surface area contributed by atoms with E-state index in [9.17, 15) is 9.59 Å². The fourth-order valence-electron chi connectivity index (χ4n) is 3.37. The van der Waals surface area contributed by atoms with E-state index >= 15 is 0 Å². The minimum Gasteiger partial charge on any atom is -0.463 e. The van der Waals surface area contributed by atoms with E-state index in [1.54, 1.807) is 35.4 Å². The number of hydrogen-bond donors (Lipinski definition) is 2. The summed E-state index contributed by atoms with van der Waals surface area (Å²) in [5.41, 5.74) is 2.35. The SMILES string of the molecule is CCN(CC)C(=O)c1ccc(NC(=O)C[NH2+][C@@H](c2ccccc2)c2ccco2)cc1. The highest BCUT2D eigenvalue weighted by Crippen LogP contribution is 2.18. The first kappa shape index (κ1) is 21.3. The molecule has 0 aliphatic heterocycles. The molecule has 0 radical (unpaired) electrons. The highest BCUT2D eigenvalue weighted by molar-refractivity contribution is 5.96. The standard InChI is InChI=1S/C24H27N3O3/c1-3-27(4-2)24(29)19-12-14-20(15-13-19)26-22(28)17-25-23(21-11-8-16-30-21)18-9-6-5-7-10-18/h5-16,23,25H,3-4,17H2,1-2H3,(H,26,28)/p+1/t23-/m0/s1. The van der Waals surface area contributed by atoms with Crippen molar-refractivity contribution in [3.63, 3.8) is 0 Å². The van der Waals surface area contributed by atoms with Crippen molar-refractivity contribution >= 4 is 17.5 Å². The summed E-state index contributed by atoms with van der Waals surface area (Å²) in [4.78, 5) is 26.6. The maximum atomic E-state index is 12.5. The van der Waals surface area contributed by atoms with Crippen LogP contribution in [0.15, 0.2) is 77.4 Å². The molecule has 1 aromatic heterocycles. The van der Waals surface area contributed by atoms with E-state index in [1.807, 2.05) is 61.6 Å². The number of rotatable bonds is 9. The monoisotopic (exact) mass is 406 g/mol. The van der Waals surface area contributed by atoms with Gasteiger partial charge in [-0.1, -0.05) is 30.3 Å². The van der Waals surface area contributed by atoms with Crippen LogP contribution in [0, 0.1) is 0 Å². The molecule has 0 saturated heterocycles. The molecular formula is C24H28N3O3+. The summed E-state index contributed by atoms with van der Waals surface area (Å²) < 4.78 is 5.58. The first-order chi connectivity index (χ1) is 14.6. The summed E-state index contributed by atoms with van der Waals surface area (Å²) in [6, 6.07) is 20.6. The molecule has 2 amide bonds. The molecule has 1 atom stereocenters. The highest BCUT2D eigenvalue weighted by Gasteiger charge is 2.21. The molecule has 1 heterocycles. The van der Waals surface area contributed by atoms with Gasteiger partial charge in [0, 0.05) is 29.9 Å². The van der Waals surface area contributed by atoms with Gasteiger partial charge in [-0.15, -0.1) is 0 Å². The van der Waals surface area contributed by atoms with Crippen LogP contribution in [0.3, 0.4) is 0 Å². The normalized spacial score (nSPS) is 11.7. The number of quaternary nitrogens is 1. The summed E-state index contributed by atoms with van der Waals surface area (Å²) >= 11 is 0. The Morgan fingerprint density at radius 2 is 1.67 bits per heavy atom. The lowest BCUT2D eigenvalue weighted by Gasteiger charge is -2.18. The molecule has 3 rings (SSSR count). The number of carbonyl (C=O) groups excluding carboxylic acids is 2. The van der Waals surface area contributed by atoms with E-state index in [-0.39, 0.29) is 24.4 Å². The van der Waals surface area contributed by atoms with Crippen molar-refractivity contribution in [1.82, 2.24) is 4.90 Å². The summed E-state index contributed by atoms with van der Waals surface area (Å²) in [7, 11) is 0. The number of anilines is 1. The Labute approximate surface area is 176 Å². The zero-order valence-corrected chi connectivity index (χ0v) is 17.4. The molecule has 6 nitrogen and oxygen atoms in total. The lowest BCUT2D eigenvalue weighted by molar-refractivity contribution is -0.678. The quantitative estimate of drug-likeness (QED) is 0.573. The molecule has 0 bridgehead atoms. The first-order valence-electron chi connectivity index (χ1n) is 10.2. The number of benzene rings is 2. The average Bonchev–Trinajstić information content (AvgIpc) is 3.30. The average molecular weight is 407 g/mol. The van der Waals surface area contributed by atoms with Crippen LogP contribution in [0.2, 0.25) is 0 Å². The number of nitrogens with two attached hydrogens (primary N) is 1. The Balaban J connectivity index is 1.60. The van der Waals surface area contributed by atoms with Crippen molar-refractivity contribution in [2.45, 2.75) is 19.9 Å². The second-order valence-corrected chi connectivity index (χ2v) is 6.95. The second-order valence-electron chi connectivity index (χ2n) is 6.95. The van der Waals surface area contributed by atoms with E-state index < -0.39 is 0 Å². The predicted molar refractivity (Wildman–Crippen MR) is 116 cm³/mol. The zero-order valence-electron chi connectivity index (χ0n) is 17.4. The molecule has 0 unspecified atom stereocenters. The van der Waals surface area contributed by atoms with Crippen LogP contribution in [0.4, 0.5) is 5.69 Å². The Morgan fingerprint density at radius 1 is 0.967 bits per heavy atom. The van der Waals surface area contributed by atoms with Crippen molar-refractivity contribution in [2.75, 3.05) is 25.0 Å². The molecule has 0 aliphatic rings. The van der Waals surface area contributed by atoms with Gasteiger partial charge in [-0.25, -0.2) is 0 Å². The summed E-state index contributed by atoms with van der Waals surface area (Å²) in [6.07, 6.45) is 1.64. The van der Waals surface area contributed by atoms with Crippen molar-refractivity contribution in [3.8, 4) is 0 Å². The topological polar surface area (TPSA) is 79.2 Å². The number of hydrogen-bond acceptors (Lipinski definition) is 3. The number of nitrogens with zero attached hydrogens (tertiary/aromatic N) is 1. The molecule has 30 heavy (non-hydrogen) atoms. The van der Waals surface area contributed by atoms with Gasteiger partial charge in [0.15, 0.2) is 18.3 Å². The fourth-order valence-corrected chi connectivity index (χ4v) is 3.37. The third-order valence-electron chi connectivity index (χ3n) is 5.01. The highest BCUT2D eigenvalue weighted by atomic mass is 16.3. The van der Waals surface area contributed by atoms with Crippen LogP contribution in [-0.2, 0) is 4.79 Å². The molecule has 0 spiro atoms. The van der Waals surface area contributed by atoms with Crippen molar-refractivity contribution < 1.29 is 19.3 Å². The summed E-state index contributed by atoms with van der Waals surface area (Å²) in [5.74, 6) is 0.675. The van der Waals surface area contributed by atoms with E-state index in [2.05, 4.69) is 5.32 Å². The van der Waals surface area contributed by atoms with Gasteiger partial charge in [-0.3, -0.25) is 9.59 Å². The molecule has 3 N–H and O–H groups in total. The molecule has 0 aliphatic carbocycles. The van der Waals surface area contributed by atoms with Gasteiger partial charge < -0.3 is 20.0 Å². The van der Waals surface area contributed by atoms with Crippen LogP contribution in [0.25, 0.3) is 0 Å². The summed E-state index contributed by atoms with van der Waals surface area (Å²) in [5, 5.41) is 4.84. The second kappa shape index (κ2) is 10.4. The Bertz CT molecular complexity index is 934. The van der Waals surface area contributed by atoms with E-state index in [0.29, 0.717) is 24.3 Å². The number of amides is 2. The smallest absolute Gasteiger partial charge is 0.279 e. The molecule has 3 aromatic rings. The number of carbonyl (C=O) groups is 2. The van der Waals surface area contributed by atoms with Gasteiger partial charge >= 0.3 is 0 Å². The van der Waals surface area contributed by atoms with Gasteiger partial charge in [-0.05, 0) is 50.2 Å². The Hall–Kier alpha value is -3.38. The Morgan fingerprint density at radius 3 is 2.27 bits per heavy atom. The number of furan rings is 1. The van der Waals surface area contributed by atoms with Gasteiger partial charge in [-0.2, -0.15) is 0 Å². The molecule has 2 aromatic carbocycles. The molecule has 156 valence electrons. The van der Waals surface area contributed by atoms with Gasteiger partial charge in [0.2, 0.25) is 0 Å². The minimum absolute atomic E-state index is 0.00430. The van der Waals surface area contributed by atoms with Gasteiger partial charge in [0.25, 0.3) is 11.8 Å². The third-order valence-corrected chi connectivity index (χ3v) is 5.01. The first-order valence-corrected chi connectivity index (χ1v) is 10.2. The van der Waals surface area contributed by atoms with Crippen LogP contribution < -0.4 is 10.6 Å². The predicted octanol–water partition coefficient (Wildman–Crippen LogP) is 3.05. The van der Waals surface area contributed by atoms with Crippen LogP contribution in [-0.4, -0.2) is 36.3 Å². The molecular weight excluding hydrogens is 378 g/mol. The maximum absolute atomic E-state index is 12.5.